The quantitative estimate of drug-likeness (QED) is 0.541. The number of carbonyl (C=O) groups excluding carboxylic acids is 1. The highest BCUT2D eigenvalue weighted by molar-refractivity contribution is 7.92. The lowest BCUT2D eigenvalue weighted by Crippen LogP contribution is -2.35. The predicted molar refractivity (Wildman–Crippen MR) is 126 cm³/mol. The van der Waals surface area contributed by atoms with Gasteiger partial charge in [0.1, 0.15) is 11.6 Å². The van der Waals surface area contributed by atoms with E-state index in [4.69, 9.17) is 4.74 Å². The Kier molecular flexibility index (Phi) is 6.37. The zero-order valence-corrected chi connectivity index (χ0v) is 19.3. The van der Waals surface area contributed by atoms with Crippen molar-refractivity contribution >= 4 is 27.3 Å². The van der Waals surface area contributed by atoms with Crippen molar-refractivity contribution in [1.82, 2.24) is 0 Å². The number of hydrogen-bond donors (Lipinski definition) is 0. The maximum atomic E-state index is 13.3. The second kappa shape index (κ2) is 9.23. The number of aryl methyl sites for hydroxylation is 2. The predicted octanol–water partition coefficient (Wildman–Crippen LogP) is 4.32. The van der Waals surface area contributed by atoms with Gasteiger partial charge in [0.25, 0.3) is 15.9 Å². The largest absolute Gasteiger partial charge is 0.483 e. The molecule has 6 nitrogen and oxygen atoms in total. The number of ether oxygens (including phenoxy) is 1. The second-order valence-electron chi connectivity index (χ2n) is 7.95. The molecule has 33 heavy (non-hydrogen) atoms. The maximum absolute atomic E-state index is 13.3. The molecule has 0 radical (unpaired) electrons. The first-order valence-electron chi connectivity index (χ1n) is 10.6. The molecule has 3 aromatic carbocycles. The fraction of sp³-hybridized carbons (Fsp3) is 0.240. The number of nitrogens with zero attached hydrogens (tertiary/aromatic N) is 2. The molecule has 0 atom stereocenters. The highest BCUT2D eigenvalue weighted by Gasteiger charge is 2.29. The lowest BCUT2D eigenvalue weighted by atomic mass is 10.0. The van der Waals surface area contributed by atoms with Gasteiger partial charge in [-0.1, -0.05) is 18.2 Å². The first kappa shape index (κ1) is 22.8. The summed E-state index contributed by atoms with van der Waals surface area (Å²) in [6, 6.07) is 17.8. The van der Waals surface area contributed by atoms with Crippen LogP contribution in [-0.4, -0.2) is 34.5 Å². The van der Waals surface area contributed by atoms with Crippen molar-refractivity contribution in [3.05, 3.63) is 83.7 Å². The number of rotatable bonds is 6. The van der Waals surface area contributed by atoms with E-state index in [1.165, 1.54) is 39.5 Å². The molecule has 1 aliphatic rings. The number of para-hydroxylation sites is 1. The number of fused-ring (bicyclic) bond motifs is 1. The summed E-state index contributed by atoms with van der Waals surface area (Å²) in [5, 5.41) is 0. The van der Waals surface area contributed by atoms with Crippen LogP contribution in [0.15, 0.2) is 71.6 Å². The monoisotopic (exact) mass is 468 g/mol. The number of carbonyl (C=O) groups is 1. The number of benzene rings is 3. The van der Waals surface area contributed by atoms with E-state index in [0.717, 1.165) is 24.1 Å². The summed E-state index contributed by atoms with van der Waals surface area (Å²) < 4.78 is 46.9. The molecule has 1 amide bonds. The van der Waals surface area contributed by atoms with Crippen LogP contribution in [0.4, 0.5) is 15.8 Å². The van der Waals surface area contributed by atoms with Crippen molar-refractivity contribution in [3.8, 4) is 5.75 Å². The minimum absolute atomic E-state index is 0.179. The zero-order chi connectivity index (χ0) is 23.6. The Morgan fingerprint density at radius 3 is 2.55 bits per heavy atom. The van der Waals surface area contributed by atoms with Gasteiger partial charge >= 0.3 is 0 Å². The van der Waals surface area contributed by atoms with E-state index in [1.54, 1.807) is 26.1 Å². The minimum Gasteiger partial charge on any atom is -0.483 e. The number of halogens is 1. The molecule has 0 aromatic heterocycles. The van der Waals surface area contributed by atoms with Gasteiger partial charge in [-0.2, -0.15) is 0 Å². The molecule has 4 rings (SSSR count). The van der Waals surface area contributed by atoms with Crippen LogP contribution in [0, 0.1) is 12.7 Å². The average Bonchev–Trinajstić information content (AvgIpc) is 2.82. The van der Waals surface area contributed by atoms with Crippen molar-refractivity contribution in [2.24, 2.45) is 0 Å². The lowest BCUT2D eigenvalue weighted by molar-refractivity contribution is -0.120. The molecular formula is C25H25FN2O4S. The third-order valence-electron chi connectivity index (χ3n) is 5.74. The van der Waals surface area contributed by atoms with E-state index in [9.17, 15) is 17.6 Å². The number of sulfonamides is 1. The molecule has 0 spiro atoms. The van der Waals surface area contributed by atoms with Gasteiger partial charge in [-0.15, -0.1) is 0 Å². The van der Waals surface area contributed by atoms with Gasteiger partial charge in [0, 0.05) is 19.3 Å². The smallest absolute Gasteiger partial charge is 0.264 e. The molecule has 3 aromatic rings. The molecule has 1 aliphatic heterocycles. The number of amides is 1. The summed E-state index contributed by atoms with van der Waals surface area (Å²) in [6.45, 7) is 1.94. The van der Waals surface area contributed by atoms with Gasteiger partial charge < -0.3 is 9.64 Å². The second-order valence-corrected chi connectivity index (χ2v) is 9.82. The highest BCUT2D eigenvalue weighted by atomic mass is 32.2. The summed E-state index contributed by atoms with van der Waals surface area (Å²) in [7, 11) is -2.15. The van der Waals surface area contributed by atoms with Crippen molar-refractivity contribution in [1.29, 1.82) is 0 Å². The van der Waals surface area contributed by atoms with Gasteiger partial charge in [-0.3, -0.25) is 9.10 Å². The van der Waals surface area contributed by atoms with Crippen molar-refractivity contribution in [2.45, 2.75) is 24.7 Å². The number of hydrogen-bond acceptors (Lipinski definition) is 4. The van der Waals surface area contributed by atoms with E-state index in [2.05, 4.69) is 0 Å². The fourth-order valence-electron chi connectivity index (χ4n) is 3.87. The number of anilines is 2. The Hall–Kier alpha value is -3.39. The molecule has 0 unspecified atom stereocenters. The van der Waals surface area contributed by atoms with Gasteiger partial charge in [-0.25, -0.2) is 12.8 Å². The van der Waals surface area contributed by atoms with Crippen LogP contribution in [0.3, 0.4) is 0 Å². The van der Waals surface area contributed by atoms with E-state index >= 15 is 0 Å². The molecule has 0 saturated heterocycles. The van der Waals surface area contributed by atoms with Gasteiger partial charge in [0.2, 0.25) is 0 Å². The topological polar surface area (TPSA) is 66.9 Å². The zero-order valence-electron chi connectivity index (χ0n) is 18.5. The van der Waals surface area contributed by atoms with Crippen LogP contribution >= 0.6 is 0 Å². The van der Waals surface area contributed by atoms with Crippen LogP contribution in [0.5, 0.6) is 5.75 Å². The van der Waals surface area contributed by atoms with Crippen LogP contribution in [0.1, 0.15) is 17.5 Å². The third kappa shape index (κ3) is 4.71. The first-order chi connectivity index (χ1) is 15.8. The van der Waals surface area contributed by atoms with Crippen molar-refractivity contribution in [2.75, 3.05) is 29.4 Å². The molecule has 0 N–H and O–H groups in total. The summed E-state index contributed by atoms with van der Waals surface area (Å²) in [6.07, 6.45) is 1.62. The average molecular weight is 469 g/mol. The van der Waals surface area contributed by atoms with Gasteiger partial charge in [-0.05, 0) is 79.4 Å². The summed E-state index contributed by atoms with van der Waals surface area (Å²) in [4.78, 5) is 14.0. The normalized spacial score (nSPS) is 13.4. The Labute approximate surface area is 193 Å². The van der Waals surface area contributed by atoms with Crippen molar-refractivity contribution < 1.29 is 22.3 Å². The standard InChI is InChI=1S/C25H25FN2O4S/c1-18-16-22(33(30,31)28-15-5-7-19-6-3-4-8-23(19)28)13-14-24(18)32-17-25(29)27(2)21-11-9-20(26)10-12-21/h3-4,6,8-14,16H,5,7,15,17H2,1-2H3. The summed E-state index contributed by atoms with van der Waals surface area (Å²) in [5.41, 5.74) is 2.90. The highest BCUT2D eigenvalue weighted by Crippen LogP contribution is 2.33. The minimum atomic E-state index is -3.73. The summed E-state index contributed by atoms with van der Waals surface area (Å²) in [5.74, 6) is -0.272. The van der Waals surface area contributed by atoms with Gasteiger partial charge in [0.15, 0.2) is 6.61 Å². The van der Waals surface area contributed by atoms with E-state index in [0.29, 0.717) is 23.5 Å². The van der Waals surface area contributed by atoms with Gasteiger partial charge in [0.05, 0.1) is 10.6 Å². The molecule has 0 aliphatic carbocycles. The van der Waals surface area contributed by atoms with E-state index in [1.807, 2.05) is 24.3 Å². The molecule has 0 bridgehead atoms. The summed E-state index contributed by atoms with van der Waals surface area (Å²) >= 11 is 0. The molecule has 0 fully saturated rings. The SMILES string of the molecule is Cc1cc(S(=O)(=O)N2CCCc3ccccc32)ccc1OCC(=O)N(C)c1ccc(F)cc1. The molecule has 0 saturated carbocycles. The van der Waals surface area contributed by atoms with Crippen molar-refractivity contribution in [3.63, 3.8) is 0 Å². The molecule has 1 heterocycles. The Morgan fingerprint density at radius 1 is 1.09 bits per heavy atom. The third-order valence-corrected chi connectivity index (χ3v) is 7.55. The lowest BCUT2D eigenvalue weighted by Gasteiger charge is -2.30. The number of likely N-dealkylation sites (N-methyl/N-ethyl adjacent to an activating group) is 1. The Bertz CT molecular complexity index is 1280. The Morgan fingerprint density at radius 2 is 1.82 bits per heavy atom. The van der Waals surface area contributed by atoms with E-state index < -0.39 is 10.0 Å². The Balaban J connectivity index is 1.48. The van der Waals surface area contributed by atoms with Crippen LogP contribution in [0.25, 0.3) is 0 Å². The van der Waals surface area contributed by atoms with Crippen LogP contribution in [0.2, 0.25) is 0 Å². The fourth-order valence-corrected chi connectivity index (χ4v) is 5.49. The van der Waals surface area contributed by atoms with Crippen LogP contribution < -0.4 is 13.9 Å². The molecular weight excluding hydrogens is 443 g/mol. The maximum Gasteiger partial charge on any atom is 0.264 e. The molecule has 172 valence electrons. The van der Waals surface area contributed by atoms with Crippen LogP contribution in [-0.2, 0) is 21.2 Å². The molecule has 8 heteroatoms. The van der Waals surface area contributed by atoms with E-state index in [-0.39, 0.29) is 23.2 Å². The first-order valence-corrected chi connectivity index (χ1v) is 12.1.